The highest BCUT2D eigenvalue weighted by Gasteiger charge is 2.19. The van der Waals surface area contributed by atoms with E-state index in [0.717, 1.165) is 37.1 Å². The molecule has 7 nitrogen and oxygen atoms in total. The van der Waals surface area contributed by atoms with Gasteiger partial charge in [0.15, 0.2) is 0 Å². The zero-order valence-electron chi connectivity index (χ0n) is 20.7. The quantitative estimate of drug-likeness (QED) is 0.273. The van der Waals surface area contributed by atoms with E-state index in [9.17, 15) is 9.59 Å². The van der Waals surface area contributed by atoms with Gasteiger partial charge in [0.05, 0.1) is 17.1 Å². The molecule has 0 aliphatic heterocycles. The van der Waals surface area contributed by atoms with Crippen LogP contribution >= 0.6 is 11.6 Å². The fourth-order valence-corrected chi connectivity index (χ4v) is 4.41. The molecule has 0 heterocycles. The maximum atomic E-state index is 12.7. The second-order valence-corrected chi connectivity index (χ2v) is 9.35. The largest absolute Gasteiger partial charge is 0.490 e. The summed E-state index contributed by atoms with van der Waals surface area (Å²) in [4.78, 5) is 25.3. The first-order valence-corrected chi connectivity index (χ1v) is 13.0. The van der Waals surface area contributed by atoms with Crippen LogP contribution in [0.2, 0.25) is 5.02 Å². The van der Waals surface area contributed by atoms with Gasteiger partial charge in [0.25, 0.3) is 5.91 Å². The number of amides is 2. The average Bonchev–Trinajstić information content (AvgIpc) is 2.92. The predicted molar refractivity (Wildman–Crippen MR) is 147 cm³/mol. The number of anilines is 2. The van der Waals surface area contributed by atoms with E-state index in [4.69, 9.17) is 21.1 Å². The van der Waals surface area contributed by atoms with Crippen molar-refractivity contribution in [3.05, 3.63) is 83.4 Å². The molecule has 2 amide bonds. The van der Waals surface area contributed by atoms with Gasteiger partial charge in [-0.25, -0.2) is 0 Å². The SMILES string of the molecule is O=C(CNc1cccc(OCCOc2ccccc2)c1)Nc1ccc(Cl)c(C(=O)NC2CCCCC2)c1. The molecule has 0 atom stereocenters. The summed E-state index contributed by atoms with van der Waals surface area (Å²) in [5, 5.41) is 9.34. The van der Waals surface area contributed by atoms with E-state index < -0.39 is 0 Å². The highest BCUT2D eigenvalue weighted by atomic mass is 35.5. The van der Waals surface area contributed by atoms with E-state index in [1.165, 1.54) is 6.42 Å². The first-order chi connectivity index (χ1) is 18.1. The van der Waals surface area contributed by atoms with E-state index in [1.54, 1.807) is 18.2 Å². The van der Waals surface area contributed by atoms with Crippen LogP contribution in [0.25, 0.3) is 0 Å². The molecule has 194 valence electrons. The van der Waals surface area contributed by atoms with Crippen LogP contribution < -0.4 is 25.4 Å². The Morgan fingerprint density at radius 1 is 0.811 bits per heavy atom. The Balaban J connectivity index is 1.23. The van der Waals surface area contributed by atoms with Gasteiger partial charge in [-0.1, -0.05) is 55.1 Å². The van der Waals surface area contributed by atoms with Crippen LogP contribution in [-0.2, 0) is 4.79 Å². The summed E-state index contributed by atoms with van der Waals surface area (Å²) in [6.07, 6.45) is 5.43. The Hall–Kier alpha value is -3.71. The highest BCUT2D eigenvalue weighted by Crippen LogP contribution is 2.23. The lowest BCUT2D eigenvalue weighted by molar-refractivity contribution is -0.114. The number of hydrogen-bond acceptors (Lipinski definition) is 5. The van der Waals surface area contributed by atoms with Crippen LogP contribution in [0.5, 0.6) is 11.5 Å². The minimum atomic E-state index is -0.247. The second kappa shape index (κ2) is 13.6. The van der Waals surface area contributed by atoms with E-state index in [1.807, 2.05) is 54.6 Å². The summed E-state index contributed by atoms with van der Waals surface area (Å²) in [7, 11) is 0. The molecular weight excluding hydrogens is 490 g/mol. The van der Waals surface area contributed by atoms with Gasteiger partial charge in [0.2, 0.25) is 5.91 Å². The molecule has 0 unspecified atom stereocenters. The van der Waals surface area contributed by atoms with E-state index in [2.05, 4.69) is 16.0 Å². The summed E-state index contributed by atoms with van der Waals surface area (Å²) < 4.78 is 11.4. The minimum Gasteiger partial charge on any atom is -0.490 e. The van der Waals surface area contributed by atoms with Crippen molar-refractivity contribution in [2.24, 2.45) is 0 Å². The van der Waals surface area contributed by atoms with Crippen LogP contribution in [0.15, 0.2) is 72.8 Å². The maximum absolute atomic E-state index is 12.7. The van der Waals surface area contributed by atoms with Crippen molar-refractivity contribution >= 4 is 34.8 Å². The van der Waals surface area contributed by atoms with Crippen molar-refractivity contribution in [2.45, 2.75) is 38.1 Å². The number of ether oxygens (including phenoxy) is 2. The predicted octanol–water partition coefficient (Wildman–Crippen LogP) is 5.91. The lowest BCUT2D eigenvalue weighted by atomic mass is 9.95. The van der Waals surface area contributed by atoms with Gasteiger partial charge < -0.3 is 25.4 Å². The van der Waals surface area contributed by atoms with Gasteiger partial charge in [-0.3, -0.25) is 9.59 Å². The fourth-order valence-electron chi connectivity index (χ4n) is 4.21. The molecule has 37 heavy (non-hydrogen) atoms. The zero-order valence-corrected chi connectivity index (χ0v) is 21.4. The number of rotatable bonds is 11. The molecule has 1 saturated carbocycles. The molecule has 3 N–H and O–H groups in total. The Morgan fingerprint density at radius 3 is 2.32 bits per heavy atom. The monoisotopic (exact) mass is 521 g/mol. The van der Waals surface area contributed by atoms with Crippen molar-refractivity contribution in [1.29, 1.82) is 0 Å². The standard InChI is InChI=1S/C29H32ClN3O4/c30-27-15-14-23(19-26(27)29(35)33-21-8-3-1-4-9-21)32-28(34)20-31-22-10-7-13-25(18-22)37-17-16-36-24-11-5-2-6-12-24/h2,5-7,10-15,18-19,21,31H,1,3-4,8-9,16-17,20H2,(H,32,34)(H,33,35). The molecule has 3 aromatic rings. The van der Waals surface area contributed by atoms with Gasteiger partial charge in [0.1, 0.15) is 24.7 Å². The van der Waals surface area contributed by atoms with Gasteiger partial charge in [-0.15, -0.1) is 0 Å². The van der Waals surface area contributed by atoms with Crippen molar-refractivity contribution < 1.29 is 19.1 Å². The van der Waals surface area contributed by atoms with Crippen LogP contribution in [0, 0.1) is 0 Å². The molecule has 1 aliphatic rings. The fraction of sp³-hybridized carbons (Fsp3) is 0.310. The smallest absolute Gasteiger partial charge is 0.253 e. The average molecular weight is 522 g/mol. The molecule has 3 aromatic carbocycles. The van der Waals surface area contributed by atoms with E-state index in [0.29, 0.717) is 35.2 Å². The molecule has 1 fully saturated rings. The summed E-state index contributed by atoms with van der Waals surface area (Å²) >= 11 is 6.27. The van der Waals surface area contributed by atoms with Crippen LogP contribution in [0.3, 0.4) is 0 Å². The Bertz CT molecular complexity index is 1180. The van der Waals surface area contributed by atoms with Gasteiger partial charge in [-0.05, 0) is 55.3 Å². The summed E-state index contributed by atoms with van der Waals surface area (Å²) in [5.41, 5.74) is 1.62. The highest BCUT2D eigenvalue weighted by molar-refractivity contribution is 6.34. The maximum Gasteiger partial charge on any atom is 0.253 e. The van der Waals surface area contributed by atoms with E-state index in [-0.39, 0.29) is 24.4 Å². The molecule has 0 bridgehead atoms. The zero-order chi connectivity index (χ0) is 25.9. The third kappa shape index (κ3) is 8.43. The molecular formula is C29H32ClN3O4. The number of hydrogen-bond donors (Lipinski definition) is 3. The summed E-state index contributed by atoms with van der Waals surface area (Å²) in [6, 6.07) is 22.1. The topological polar surface area (TPSA) is 88.7 Å². The molecule has 0 radical (unpaired) electrons. The van der Waals surface area contributed by atoms with Crippen molar-refractivity contribution in [3.63, 3.8) is 0 Å². The second-order valence-electron chi connectivity index (χ2n) is 8.94. The first-order valence-electron chi connectivity index (χ1n) is 12.6. The number of benzene rings is 3. The third-order valence-corrected chi connectivity index (χ3v) is 6.42. The minimum absolute atomic E-state index is 0.0484. The Morgan fingerprint density at radius 2 is 1.54 bits per heavy atom. The Kier molecular flexibility index (Phi) is 9.66. The number of carbonyl (C=O) groups is 2. The van der Waals surface area contributed by atoms with Crippen LogP contribution in [0.1, 0.15) is 42.5 Å². The third-order valence-electron chi connectivity index (χ3n) is 6.09. The molecule has 4 rings (SSSR count). The van der Waals surface area contributed by atoms with Crippen LogP contribution in [0.4, 0.5) is 11.4 Å². The van der Waals surface area contributed by atoms with Crippen molar-refractivity contribution in [3.8, 4) is 11.5 Å². The molecule has 0 saturated heterocycles. The number of nitrogens with one attached hydrogen (secondary N) is 3. The number of para-hydroxylation sites is 1. The summed E-state index contributed by atoms with van der Waals surface area (Å²) in [6.45, 7) is 0.866. The lowest BCUT2D eigenvalue weighted by Crippen LogP contribution is -2.36. The lowest BCUT2D eigenvalue weighted by Gasteiger charge is -2.23. The number of carbonyl (C=O) groups excluding carboxylic acids is 2. The summed E-state index contributed by atoms with van der Waals surface area (Å²) in [5.74, 6) is 1.01. The molecule has 1 aliphatic carbocycles. The van der Waals surface area contributed by atoms with Gasteiger partial charge in [-0.2, -0.15) is 0 Å². The molecule has 0 spiro atoms. The number of halogens is 1. The van der Waals surface area contributed by atoms with Crippen LogP contribution in [-0.4, -0.2) is 37.6 Å². The van der Waals surface area contributed by atoms with Crippen molar-refractivity contribution in [2.75, 3.05) is 30.4 Å². The molecule has 0 aromatic heterocycles. The Labute approximate surface area is 222 Å². The van der Waals surface area contributed by atoms with Gasteiger partial charge in [0, 0.05) is 23.5 Å². The first kappa shape index (κ1) is 26.4. The van der Waals surface area contributed by atoms with E-state index >= 15 is 0 Å². The normalized spacial score (nSPS) is 13.4. The van der Waals surface area contributed by atoms with Gasteiger partial charge >= 0.3 is 0 Å². The molecule has 8 heteroatoms. The van der Waals surface area contributed by atoms with Crippen molar-refractivity contribution in [1.82, 2.24) is 5.32 Å².